The van der Waals surface area contributed by atoms with Gasteiger partial charge in [0, 0.05) is 25.6 Å². The molecule has 1 saturated heterocycles. The van der Waals surface area contributed by atoms with Crippen molar-refractivity contribution >= 4 is 19.0 Å². The first kappa shape index (κ1) is 27.4. The minimum Gasteiger partial charge on any atom is -0.496 e. The van der Waals surface area contributed by atoms with Gasteiger partial charge in [0.25, 0.3) is 0 Å². The summed E-state index contributed by atoms with van der Waals surface area (Å²) in [5, 5.41) is 16.3. The van der Waals surface area contributed by atoms with Gasteiger partial charge in [-0.05, 0) is 73.8 Å². The summed E-state index contributed by atoms with van der Waals surface area (Å²) >= 11 is 0. The molecule has 4 saturated carbocycles. The van der Waals surface area contributed by atoms with Crippen molar-refractivity contribution in [1.29, 1.82) is 0 Å². The van der Waals surface area contributed by atoms with Crippen LogP contribution in [0.25, 0.3) is 0 Å². The zero-order chi connectivity index (χ0) is 27.2. The van der Waals surface area contributed by atoms with Crippen LogP contribution >= 0.6 is 0 Å². The lowest BCUT2D eigenvalue weighted by Gasteiger charge is -2.64. The molecule has 38 heavy (non-hydrogen) atoms. The summed E-state index contributed by atoms with van der Waals surface area (Å²) in [5.41, 5.74) is 6.18. The normalized spacial score (nSPS) is 33.5. The Kier molecular flexibility index (Phi) is 7.54. The number of para-hydroxylation sites is 1. The summed E-state index contributed by atoms with van der Waals surface area (Å²) < 4.78 is 18.8. The molecule has 1 amide bonds. The number of carbonyl (C=O) groups excluding carboxylic acids is 1. The fourth-order valence-electron chi connectivity index (χ4n) is 7.56. The minimum atomic E-state index is -1.05. The Labute approximate surface area is 225 Å². The molecule has 1 aromatic carbocycles. The Balaban J connectivity index is 1.33. The van der Waals surface area contributed by atoms with Crippen molar-refractivity contribution in [1.82, 2.24) is 10.6 Å². The molecule has 5 fully saturated rings. The molecule has 1 aromatic rings. The molecule has 0 aromatic heterocycles. The Morgan fingerprint density at radius 1 is 1.24 bits per heavy atom. The number of hydrogen-bond acceptors (Lipinski definition) is 7. The SMILES string of the molecule is COc1c(C[C@H](NC(=O)CC2CC(NCCN)C2)B2OC3CC4CC(C4(C)C)C3(C)O2)cccc1C(=O)O. The smallest absolute Gasteiger partial charge is 0.482 e. The van der Waals surface area contributed by atoms with Crippen LogP contribution in [-0.4, -0.2) is 68.0 Å². The van der Waals surface area contributed by atoms with Crippen molar-refractivity contribution < 1.29 is 28.7 Å². The maximum Gasteiger partial charge on any atom is 0.482 e. The van der Waals surface area contributed by atoms with Crippen LogP contribution in [-0.2, 0) is 20.5 Å². The van der Waals surface area contributed by atoms with Crippen molar-refractivity contribution in [2.45, 2.75) is 83.0 Å². The van der Waals surface area contributed by atoms with E-state index in [0.29, 0.717) is 54.5 Å². The van der Waals surface area contributed by atoms with E-state index < -0.39 is 24.6 Å². The maximum absolute atomic E-state index is 13.2. The Hall–Kier alpha value is -2.14. The van der Waals surface area contributed by atoms with E-state index in [9.17, 15) is 14.7 Å². The molecule has 208 valence electrons. The number of carbonyl (C=O) groups is 2. The highest BCUT2D eigenvalue weighted by Gasteiger charge is 2.68. The van der Waals surface area contributed by atoms with Crippen molar-refractivity contribution in [2.24, 2.45) is 28.9 Å². The van der Waals surface area contributed by atoms with Gasteiger partial charge in [-0.15, -0.1) is 0 Å². The van der Waals surface area contributed by atoms with Gasteiger partial charge in [-0.3, -0.25) is 4.79 Å². The van der Waals surface area contributed by atoms with Crippen LogP contribution < -0.4 is 21.1 Å². The van der Waals surface area contributed by atoms with Gasteiger partial charge in [0.2, 0.25) is 5.91 Å². The van der Waals surface area contributed by atoms with E-state index >= 15 is 0 Å². The molecule has 2 bridgehead atoms. The van der Waals surface area contributed by atoms with E-state index in [1.165, 1.54) is 13.2 Å². The fourth-order valence-corrected chi connectivity index (χ4v) is 7.56. The van der Waals surface area contributed by atoms with E-state index in [2.05, 4.69) is 31.4 Å². The first-order valence-corrected chi connectivity index (χ1v) is 14.0. The van der Waals surface area contributed by atoms with Gasteiger partial charge < -0.3 is 35.5 Å². The van der Waals surface area contributed by atoms with Crippen LogP contribution in [0.2, 0.25) is 0 Å². The number of carboxylic acid groups (broad SMARTS) is 1. The molecule has 6 rings (SSSR count). The topological polar surface area (TPSA) is 132 Å². The average Bonchev–Trinajstić information content (AvgIpc) is 3.21. The lowest BCUT2D eigenvalue weighted by Crippen LogP contribution is -2.65. The van der Waals surface area contributed by atoms with Gasteiger partial charge in [0.15, 0.2) is 0 Å². The largest absolute Gasteiger partial charge is 0.496 e. The second-order valence-corrected chi connectivity index (χ2v) is 12.5. The third-order valence-corrected chi connectivity index (χ3v) is 9.90. The first-order chi connectivity index (χ1) is 18.1. The molecule has 0 radical (unpaired) electrons. The predicted octanol–water partition coefficient (Wildman–Crippen LogP) is 2.41. The number of amides is 1. The zero-order valence-corrected chi connectivity index (χ0v) is 23.0. The van der Waals surface area contributed by atoms with E-state index in [1.807, 2.05) is 6.07 Å². The van der Waals surface area contributed by atoms with Crippen LogP contribution in [0, 0.1) is 23.2 Å². The molecule has 1 heterocycles. The molecular formula is C28H42BN3O6. The van der Waals surface area contributed by atoms with E-state index in [4.69, 9.17) is 19.8 Å². The lowest BCUT2D eigenvalue weighted by atomic mass is 9.43. The highest BCUT2D eigenvalue weighted by molar-refractivity contribution is 6.48. The summed E-state index contributed by atoms with van der Waals surface area (Å²) in [4.78, 5) is 25.0. The summed E-state index contributed by atoms with van der Waals surface area (Å²) in [7, 11) is 0.848. The van der Waals surface area contributed by atoms with Gasteiger partial charge in [0.05, 0.1) is 24.8 Å². The number of hydrogen-bond donors (Lipinski definition) is 4. The summed E-state index contributed by atoms with van der Waals surface area (Å²) in [6.45, 7) is 8.19. The lowest BCUT2D eigenvalue weighted by molar-refractivity contribution is -0.199. The van der Waals surface area contributed by atoms with Gasteiger partial charge in [-0.1, -0.05) is 26.0 Å². The van der Waals surface area contributed by atoms with Crippen molar-refractivity contribution in [3.63, 3.8) is 0 Å². The number of carboxylic acids is 1. The Morgan fingerprint density at radius 2 is 2.00 bits per heavy atom. The van der Waals surface area contributed by atoms with Gasteiger partial charge >= 0.3 is 13.1 Å². The van der Waals surface area contributed by atoms with Crippen molar-refractivity contribution in [3.05, 3.63) is 29.3 Å². The molecule has 1 aliphatic heterocycles. The zero-order valence-electron chi connectivity index (χ0n) is 23.0. The fraction of sp³-hybridized carbons (Fsp3) is 0.714. The molecule has 4 aliphatic carbocycles. The number of methoxy groups -OCH3 is 1. The minimum absolute atomic E-state index is 0.0167. The second-order valence-electron chi connectivity index (χ2n) is 12.5. The van der Waals surface area contributed by atoms with Gasteiger partial charge in [-0.2, -0.15) is 0 Å². The number of nitrogens with one attached hydrogen (secondary N) is 2. The highest BCUT2D eigenvalue weighted by atomic mass is 16.7. The number of nitrogens with two attached hydrogens (primary N) is 1. The maximum atomic E-state index is 13.2. The molecule has 4 unspecified atom stereocenters. The van der Waals surface area contributed by atoms with Crippen molar-refractivity contribution in [3.8, 4) is 5.75 Å². The molecule has 5 N–H and O–H groups in total. The molecule has 0 spiro atoms. The van der Waals surface area contributed by atoms with Gasteiger partial charge in [-0.25, -0.2) is 4.79 Å². The van der Waals surface area contributed by atoms with Crippen LogP contribution in [0.15, 0.2) is 18.2 Å². The molecule has 5 aliphatic rings. The standard InChI is InChI=1S/C28H42BN3O6/c1-27(2)18-14-21(27)28(3)22(15-18)37-29(38-28)23(13-17-6-5-7-20(26(34)35)25(17)36-4)32-24(33)12-16-10-19(11-16)31-9-8-30/h5-7,16,18-19,21-23,31H,8-15,30H2,1-4H3,(H,32,33)(H,34,35)/t16?,18?,19?,21?,22?,23-,28?/m0/s1. The van der Waals surface area contributed by atoms with E-state index in [1.54, 1.807) is 6.07 Å². The van der Waals surface area contributed by atoms with Crippen LogP contribution in [0.4, 0.5) is 0 Å². The summed E-state index contributed by atoms with van der Waals surface area (Å²) in [6, 6.07) is 5.50. The summed E-state index contributed by atoms with van der Waals surface area (Å²) in [6.07, 6.45) is 4.78. The van der Waals surface area contributed by atoms with Gasteiger partial charge in [0.1, 0.15) is 11.3 Å². The third-order valence-electron chi connectivity index (χ3n) is 9.90. The number of ether oxygens (including phenoxy) is 1. The number of aromatic carboxylic acids is 1. The van der Waals surface area contributed by atoms with Crippen LogP contribution in [0.3, 0.4) is 0 Å². The molecule has 10 heteroatoms. The summed E-state index contributed by atoms with van der Waals surface area (Å²) in [5.74, 6) is 0.0787. The highest BCUT2D eigenvalue weighted by Crippen LogP contribution is 2.65. The Morgan fingerprint density at radius 3 is 2.66 bits per heavy atom. The molecule has 5 atom stereocenters. The van der Waals surface area contributed by atoms with Crippen LogP contribution in [0.5, 0.6) is 5.75 Å². The molecule has 9 nitrogen and oxygen atoms in total. The van der Waals surface area contributed by atoms with E-state index in [-0.39, 0.29) is 23.0 Å². The molecular weight excluding hydrogens is 485 g/mol. The first-order valence-electron chi connectivity index (χ1n) is 14.0. The van der Waals surface area contributed by atoms with Crippen molar-refractivity contribution in [2.75, 3.05) is 20.2 Å². The van der Waals surface area contributed by atoms with Crippen LogP contribution in [0.1, 0.15) is 68.8 Å². The monoisotopic (exact) mass is 527 g/mol. The average molecular weight is 527 g/mol. The number of benzene rings is 1. The van der Waals surface area contributed by atoms with E-state index in [0.717, 1.165) is 32.2 Å². The Bertz CT molecular complexity index is 1060. The quantitative estimate of drug-likeness (QED) is 0.323. The second kappa shape index (κ2) is 10.4. The predicted molar refractivity (Wildman–Crippen MR) is 144 cm³/mol. The number of rotatable bonds is 11. The third kappa shape index (κ3) is 4.85.